The Balaban J connectivity index is 1.67. The maximum absolute atomic E-state index is 12.9. The summed E-state index contributed by atoms with van der Waals surface area (Å²) in [5.41, 5.74) is 6.00. The van der Waals surface area contributed by atoms with Gasteiger partial charge in [0.25, 0.3) is 5.91 Å². The molecule has 2 atom stereocenters. The first kappa shape index (κ1) is 14.7. The lowest BCUT2D eigenvalue weighted by molar-refractivity contribution is -0.124. The number of aryl methyl sites for hydroxylation is 1. The summed E-state index contributed by atoms with van der Waals surface area (Å²) in [5, 5.41) is 4.19. The predicted molar refractivity (Wildman–Crippen MR) is 84.7 cm³/mol. The van der Waals surface area contributed by atoms with E-state index in [1.807, 2.05) is 24.3 Å². The molecule has 2 aromatic rings. The van der Waals surface area contributed by atoms with Gasteiger partial charge in [-0.3, -0.25) is 9.59 Å². The molecule has 1 aromatic heterocycles. The van der Waals surface area contributed by atoms with Crippen LogP contribution in [0.15, 0.2) is 24.3 Å². The standard InChI is InChI=1S/C16H17N5O3/c1-20-11-4-2-3-5-12(11)24-8-9(16(20)23)10-6-7-13-18-15(14(17)22)19-21(10)13/h2-5,9-10H,6-8H2,1H3,(H2,17,22)/t9-,10?/m1/s1. The number of rotatable bonds is 2. The second-order valence-corrected chi connectivity index (χ2v) is 6.05. The molecule has 0 fully saturated rings. The van der Waals surface area contributed by atoms with E-state index in [1.54, 1.807) is 16.6 Å². The fourth-order valence-corrected chi connectivity index (χ4v) is 3.42. The number of aromatic nitrogens is 3. The minimum atomic E-state index is -0.663. The number of amides is 2. The van der Waals surface area contributed by atoms with Gasteiger partial charge < -0.3 is 15.4 Å². The van der Waals surface area contributed by atoms with Crippen molar-refractivity contribution in [3.63, 3.8) is 0 Å². The second-order valence-electron chi connectivity index (χ2n) is 6.05. The molecule has 0 saturated carbocycles. The number of para-hydroxylation sites is 2. The van der Waals surface area contributed by atoms with Crippen LogP contribution in [-0.4, -0.2) is 40.2 Å². The Labute approximate surface area is 138 Å². The summed E-state index contributed by atoms with van der Waals surface area (Å²) < 4.78 is 7.53. The van der Waals surface area contributed by atoms with Gasteiger partial charge in [-0.15, -0.1) is 5.10 Å². The molecule has 124 valence electrons. The van der Waals surface area contributed by atoms with E-state index in [4.69, 9.17) is 10.5 Å². The van der Waals surface area contributed by atoms with Crippen molar-refractivity contribution in [2.24, 2.45) is 11.7 Å². The van der Waals surface area contributed by atoms with Gasteiger partial charge in [-0.25, -0.2) is 9.67 Å². The van der Waals surface area contributed by atoms with Crippen molar-refractivity contribution < 1.29 is 14.3 Å². The molecule has 8 nitrogen and oxygen atoms in total. The molecule has 24 heavy (non-hydrogen) atoms. The summed E-state index contributed by atoms with van der Waals surface area (Å²) in [6.07, 6.45) is 1.39. The van der Waals surface area contributed by atoms with Crippen molar-refractivity contribution in [3.05, 3.63) is 35.9 Å². The Morgan fingerprint density at radius 1 is 1.38 bits per heavy atom. The number of primary amides is 1. The Morgan fingerprint density at radius 3 is 2.96 bits per heavy atom. The zero-order valence-electron chi connectivity index (χ0n) is 13.2. The Morgan fingerprint density at radius 2 is 2.17 bits per heavy atom. The lowest BCUT2D eigenvalue weighted by atomic mass is 9.97. The van der Waals surface area contributed by atoms with E-state index in [0.29, 0.717) is 18.0 Å². The molecule has 8 heteroatoms. The molecule has 4 rings (SSSR count). The topological polar surface area (TPSA) is 103 Å². The summed E-state index contributed by atoms with van der Waals surface area (Å²) in [6, 6.07) is 7.27. The van der Waals surface area contributed by atoms with Crippen molar-refractivity contribution in [1.29, 1.82) is 0 Å². The highest BCUT2D eigenvalue weighted by molar-refractivity contribution is 5.97. The second kappa shape index (κ2) is 5.33. The number of fused-ring (bicyclic) bond motifs is 2. The van der Waals surface area contributed by atoms with Crippen molar-refractivity contribution in [2.75, 3.05) is 18.6 Å². The number of ether oxygens (including phenoxy) is 1. The van der Waals surface area contributed by atoms with Gasteiger partial charge in [0.1, 0.15) is 18.2 Å². The van der Waals surface area contributed by atoms with Gasteiger partial charge in [-0.1, -0.05) is 12.1 Å². The monoisotopic (exact) mass is 327 g/mol. The van der Waals surface area contributed by atoms with Crippen LogP contribution in [0, 0.1) is 5.92 Å². The van der Waals surface area contributed by atoms with Crippen LogP contribution >= 0.6 is 0 Å². The Bertz CT molecular complexity index is 831. The van der Waals surface area contributed by atoms with Crippen LogP contribution < -0.4 is 15.4 Å². The summed E-state index contributed by atoms with van der Waals surface area (Å²) >= 11 is 0. The SMILES string of the molecule is CN1C(=O)[C@@H](C2CCc3nc(C(N)=O)nn32)COc2ccccc21. The third kappa shape index (κ3) is 2.14. The van der Waals surface area contributed by atoms with Crippen molar-refractivity contribution in [3.8, 4) is 5.75 Å². The predicted octanol–water partition coefficient (Wildman–Crippen LogP) is 0.536. The number of carbonyl (C=O) groups is 2. The van der Waals surface area contributed by atoms with Crippen LogP contribution in [0.2, 0.25) is 0 Å². The largest absolute Gasteiger partial charge is 0.490 e. The van der Waals surface area contributed by atoms with E-state index in [2.05, 4.69) is 10.1 Å². The minimum absolute atomic E-state index is 0.00618. The number of anilines is 1. The van der Waals surface area contributed by atoms with Gasteiger partial charge >= 0.3 is 0 Å². The number of hydrogen-bond donors (Lipinski definition) is 1. The van der Waals surface area contributed by atoms with E-state index in [1.165, 1.54) is 0 Å². The number of nitrogens with two attached hydrogens (primary N) is 1. The number of carbonyl (C=O) groups excluding carboxylic acids is 2. The lowest BCUT2D eigenvalue weighted by Gasteiger charge is -2.24. The summed E-state index contributed by atoms with van der Waals surface area (Å²) in [7, 11) is 1.74. The van der Waals surface area contributed by atoms with E-state index in [-0.39, 0.29) is 24.4 Å². The third-order valence-corrected chi connectivity index (χ3v) is 4.66. The molecule has 3 heterocycles. The Hall–Kier alpha value is -2.90. The molecular formula is C16H17N5O3. The first-order valence-electron chi connectivity index (χ1n) is 7.81. The minimum Gasteiger partial charge on any atom is -0.490 e. The summed E-state index contributed by atoms with van der Waals surface area (Å²) in [6.45, 7) is 0.260. The molecule has 0 radical (unpaired) electrons. The highest BCUT2D eigenvalue weighted by atomic mass is 16.5. The smallest absolute Gasteiger partial charge is 0.288 e. The van der Waals surface area contributed by atoms with Crippen LogP contribution in [0.1, 0.15) is 28.9 Å². The average Bonchev–Trinajstić information content (AvgIpc) is 3.13. The molecule has 2 aliphatic rings. The first-order valence-corrected chi connectivity index (χ1v) is 7.81. The highest BCUT2D eigenvalue weighted by Gasteiger charge is 2.40. The fourth-order valence-electron chi connectivity index (χ4n) is 3.42. The van der Waals surface area contributed by atoms with E-state index >= 15 is 0 Å². The molecule has 0 aliphatic carbocycles. The zero-order chi connectivity index (χ0) is 16.8. The van der Waals surface area contributed by atoms with Gasteiger partial charge in [0.05, 0.1) is 17.6 Å². The maximum atomic E-state index is 12.9. The van der Waals surface area contributed by atoms with Crippen LogP contribution in [-0.2, 0) is 11.2 Å². The van der Waals surface area contributed by atoms with Crippen molar-refractivity contribution in [2.45, 2.75) is 18.9 Å². The highest BCUT2D eigenvalue weighted by Crippen LogP contribution is 2.37. The molecular weight excluding hydrogens is 310 g/mol. The van der Waals surface area contributed by atoms with E-state index < -0.39 is 11.8 Å². The third-order valence-electron chi connectivity index (χ3n) is 4.66. The van der Waals surface area contributed by atoms with Gasteiger partial charge in [-0.2, -0.15) is 0 Å². The summed E-state index contributed by atoms with van der Waals surface area (Å²) in [5.74, 6) is 0.272. The maximum Gasteiger partial charge on any atom is 0.288 e. The zero-order valence-corrected chi connectivity index (χ0v) is 13.2. The normalized spacial score (nSPS) is 22.5. The molecule has 0 spiro atoms. The molecule has 1 aromatic carbocycles. The molecule has 2 N–H and O–H groups in total. The van der Waals surface area contributed by atoms with E-state index in [9.17, 15) is 9.59 Å². The van der Waals surface area contributed by atoms with Crippen LogP contribution in [0.4, 0.5) is 5.69 Å². The molecule has 2 amide bonds. The summed E-state index contributed by atoms with van der Waals surface area (Å²) in [4.78, 5) is 30.0. The van der Waals surface area contributed by atoms with Crippen molar-refractivity contribution in [1.82, 2.24) is 14.8 Å². The molecule has 0 saturated heterocycles. The lowest BCUT2D eigenvalue weighted by Crippen LogP contribution is -2.38. The molecule has 0 bridgehead atoms. The average molecular weight is 327 g/mol. The Kier molecular flexibility index (Phi) is 3.26. The van der Waals surface area contributed by atoms with Gasteiger partial charge in [0, 0.05) is 13.5 Å². The fraction of sp³-hybridized carbons (Fsp3) is 0.375. The number of nitrogens with zero attached hydrogens (tertiary/aromatic N) is 4. The van der Waals surface area contributed by atoms with Crippen LogP contribution in [0.5, 0.6) is 5.75 Å². The number of benzene rings is 1. The quantitative estimate of drug-likeness (QED) is 0.867. The number of hydrogen-bond acceptors (Lipinski definition) is 5. The van der Waals surface area contributed by atoms with Crippen LogP contribution in [0.25, 0.3) is 0 Å². The van der Waals surface area contributed by atoms with Gasteiger partial charge in [0.2, 0.25) is 11.7 Å². The van der Waals surface area contributed by atoms with E-state index in [0.717, 1.165) is 12.1 Å². The van der Waals surface area contributed by atoms with Gasteiger partial charge in [0.15, 0.2) is 0 Å². The van der Waals surface area contributed by atoms with Crippen LogP contribution in [0.3, 0.4) is 0 Å². The molecule has 1 unspecified atom stereocenters. The molecule has 2 aliphatic heterocycles. The van der Waals surface area contributed by atoms with Crippen molar-refractivity contribution >= 4 is 17.5 Å². The van der Waals surface area contributed by atoms with Gasteiger partial charge in [-0.05, 0) is 18.6 Å². The first-order chi connectivity index (χ1) is 11.6.